The lowest BCUT2D eigenvalue weighted by atomic mass is 10.3. The minimum atomic E-state index is -0.876. The summed E-state index contributed by atoms with van der Waals surface area (Å²) in [5.41, 5.74) is -3.36. The number of benzene rings is 1. The fraction of sp³-hybridized carbons (Fsp3) is 0. The maximum atomic E-state index is 12.0. The Morgan fingerprint density at radius 2 is 1.72 bits per heavy atom. The van der Waals surface area contributed by atoms with Gasteiger partial charge in [0.15, 0.2) is 0 Å². The van der Waals surface area contributed by atoms with E-state index in [0.29, 0.717) is 5.69 Å². The van der Waals surface area contributed by atoms with Gasteiger partial charge in [-0.25, -0.2) is 19.1 Å². The molecule has 0 aliphatic rings. The van der Waals surface area contributed by atoms with Gasteiger partial charge in [-0.3, -0.25) is 19.6 Å². The van der Waals surface area contributed by atoms with Crippen LogP contribution in [-0.4, -0.2) is 30.8 Å². The van der Waals surface area contributed by atoms with E-state index in [4.69, 9.17) is 0 Å². The molecule has 0 spiro atoms. The highest BCUT2D eigenvalue weighted by molar-refractivity contribution is 5.84. The van der Waals surface area contributed by atoms with E-state index in [0.717, 1.165) is 17.0 Å². The average molecular weight is 341 g/mol. The van der Waals surface area contributed by atoms with Crippen LogP contribution in [0, 0.1) is 0 Å². The van der Waals surface area contributed by atoms with Gasteiger partial charge in [0, 0.05) is 12.4 Å². The van der Waals surface area contributed by atoms with Gasteiger partial charge in [0.2, 0.25) is 5.88 Å². The lowest BCUT2D eigenvalue weighted by Crippen LogP contribution is -2.31. The molecule has 0 amide bonds. The Balaban J connectivity index is 2.16. The number of nitrogens with one attached hydrogen (secondary N) is 3. The molecule has 25 heavy (non-hydrogen) atoms. The van der Waals surface area contributed by atoms with E-state index in [1.165, 1.54) is 0 Å². The van der Waals surface area contributed by atoms with Crippen molar-refractivity contribution in [1.82, 2.24) is 19.5 Å². The second-order valence-electron chi connectivity index (χ2n) is 4.88. The Hall–Kier alpha value is -3.95. The molecule has 0 saturated heterocycles. The molecule has 0 fully saturated rings. The molecule has 0 unspecified atom stereocenters. The number of H-pyrrole nitrogens is 3. The number of aromatic amines is 3. The van der Waals surface area contributed by atoms with E-state index in [-0.39, 0.29) is 11.3 Å². The van der Waals surface area contributed by atoms with Crippen LogP contribution in [0.4, 0.5) is 5.69 Å². The van der Waals surface area contributed by atoms with Crippen LogP contribution in [0.2, 0.25) is 0 Å². The number of hydrogen-bond donors (Lipinski definition) is 4. The van der Waals surface area contributed by atoms with Crippen molar-refractivity contribution >= 4 is 11.9 Å². The second-order valence-corrected chi connectivity index (χ2v) is 4.88. The zero-order valence-corrected chi connectivity index (χ0v) is 12.5. The maximum absolute atomic E-state index is 12.0. The standard InChI is InChI=1S/C15H11N5O5/c21-11-9(6-16-10-7-17-14(24)18-12(10)22)13(23)20(15(25)19-11)8-4-2-1-3-5-8/h1-7,23H,(H,19,21,25)(H2,17,18,22,24). The van der Waals surface area contributed by atoms with Gasteiger partial charge in [-0.05, 0) is 12.1 Å². The normalized spacial score (nSPS) is 11.0. The van der Waals surface area contributed by atoms with Crippen molar-refractivity contribution < 1.29 is 5.11 Å². The number of para-hydroxylation sites is 1. The predicted octanol–water partition coefficient (Wildman–Crippen LogP) is -0.641. The summed E-state index contributed by atoms with van der Waals surface area (Å²) >= 11 is 0. The third-order valence-corrected chi connectivity index (χ3v) is 3.27. The van der Waals surface area contributed by atoms with Crippen LogP contribution in [-0.2, 0) is 0 Å². The summed E-state index contributed by atoms with van der Waals surface area (Å²) in [6, 6.07) is 8.15. The molecule has 126 valence electrons. The van der Waals surface area contributed by atoms with Gasteiger partial charge in [0.1, 0.15) is 11.3 Å². The molecule has 10 nitrogen and oxygen atoms in total. The van der Waals surface area contributed by atoms with Crippen molar-refractivity contribution in [3.05, 3.63) is 83.8 Å². The average Bonchev–Trinajstić information content (AvgIpc) is 2.57. The van der Waals surface area contributed by atoms with E-state index in [2.05, 4.69) is 15.0 Å². The third kappa shape index (κ3) is 3.08. The Kier molecular flexibility index (Phi) is 4.00. The lowest BCUT2D eigenvalue weighted by molar-refractivity contribution is 0.430. The fourth-order valence-corrected chi connectivity index (χ4v) is 2.10. The molecule has 0 radical (unpaired) electrons. The maximum Gasteiger partial charge on any atom is 0.335 e. The van der Waals surface area contributed by atoms with Gasteiger partial charge in [0.25, 0.3) is 11.1 Å². The Morgan fingerprint density at radius 1 is 1.00 bits per heavy atom. The number of aromatic hydroxyl groups is 1. The van der Waals surface area contributed by atoms with Crippen LogP contribution < -0.4 is 22.5 Å². The molecule has 0 aliphatic heterocycles. The predicted molar refractivity (Wildman–Crippen MR) is 89.3 cm³/mol. The second kappa shape index (κ2) is 6.28. The van der Waals surface area contributed by atoms with Gasteiger partial charge in [-0.1, -0.05) is 18.2 Å². The van der Waals surface area contributed by atoms with Gasteiger partial charge in [-0.2, -0.15) is 0 Å². The quantitative estimate of drug-likeness (QED) is 0.467. The molecule has 0 saturated carbocycles. The largest absolute Gasteiger partial charge is 0.493 e. The van der Waals surface area contributed by atoms with Crippen LogP contribution in [0.5, 0.6) is 5.88 Å². The van der Waals surface area contributed by atoms with Crippen molar-refractivity contribution in [2.45, 2.75) is 0 Å². The van der Waals surface area contributed by atoms with Crippen LogP contribution in [0.15, 0.2) is 60.7 Å². The summed E-state index contributed by atoms with van der Waals surface area (Å²) in [5.74, 6) is -0.635. The number of aliphatic imine (C=N–C) groups is 1. The van der Waals surface area contributed by atoms with Crippen LogP contribution >= 0.6 is 0 Å². The van der Waals surface area contributed by atoms with Crippen molar-refractivity contribution in [2.24, 2.45) is 4.99 Å². The molecule has 2 heterocycles. The fourth-order valence-electron chi connectivity index (χ4n) is 2.10. The molecule has 0 aliphatic carbocycles. The van der Waals surface area contributed by atoms with Gasteiger partial charge < -0.3 is 10.1 Å². The molecule has 4 N–H and O–H groups in total. The van der Waals surface area contributed by atoms with Crippen molar-refractivity contribution in [3.63, 3.8) is 0 Å². The molecule has 1 aromatic carbocycles. The smallest absolute Gasteiger partial charge is 0.335 e. The van der Waals surface area contributed by atoms with Gasteiger partial charge in [-0.15, -0.1) is 0 Å². The summed E-state index contributed by atoms with van der Waals surface area (Å²) in [7, 11) is 0. The molecule has 0 bridgehead atoms. The van der Waals surface area contributed by atoms with Gasteiger partial charge >= 0.3 is 11.4 Å². The highest BCUT2D eigenvalue weighted by Crippen LogP contribution is 2.15. The Labute approximate surface area is 137 Å². The Morgan fingerprint density at radius 3 is 2.40 bits per heavy atom. The first-order chi connectivity index (χ1) is 12.0. The van der Waals surface area contributed by atoms with E-state index in [1.54, 1.807) is 30.3 Å². The highest BCUT2D eigenvalue weighted by Gasteiger charge is 2.14. The summed E-state index contributed by atoms with van der Waals surface area (Å²) in [6.45, 7) is 0. The zero-order valence-electron chi connectivity index (χ0n) is 12.5. The van der Waals surface area contributed by atoms with E-state index < -0.39 is 28.4 Å². The minimum absolute atomic E-state index is 0.184. The van der Waals surface area contributed by atoms with E-state index >= 15 is 0 Å². The number of hydrogen-bond acceptors (Lipinski definition) is 6. The molecular weight excluding hydrogens is 330 g/mol. The van der Waals surface area contributed by atoms with Crippen molar-refractivity contribution in [3.8, 4) is 11.6 Å². The molecule has 10 heteroatoms. The van der Waals surface area contributed by atoms with Crippen molar-refractivity contribution in [1.29, 1.82) is 0 Å². The van der Waals surface area contributed by atoms with Crippen LogP contribution in [0.25, 0.3) is 5.69 Å². The molecule has 2 aromatic heterocycles. The number of nitrogens with zero attached hydrogens (tertiary/aromatic N) is 2. The molecule has 0 atom stereocenters. The molecular formula is C15H11N5O5. The molecule has 3 rings (SSSR count). The SMILES string of the molecule is O=c1[nH]cc(N=Cc2c(O)n(-c3ccccc3)c(=O)[nH]c2=O)c(=O)[nH]1. The summed E-state index contributed by atoms with van der Waals surface area (Å²) < 4.78 is 0.889. The monoisotopic (exact) mass is 341 g/mol. The third-order valence-electron chi connectivity index (χ3n) is 3.27. The van der Waals surface area contributed by atoms with Crippen LogP contribution in [0.3, 0.4) is 0 Å². The van der Waals surface area contributed by atoms with Crippen molar-refractivity contribution in [2.75, 3.05) is 0 Å². The zero-order chi connectivity index (χ0) is 18.0. The number of aromatic nitrogens is 4. The topological polar surface area (TPSA) is 153 Å². The first-order valence-electron chi connectivity index (χ1n) is 6.97. The van der Waals surface area contributed by atoms with Crippen LogP contribution in [0.1, 0.15) is 5.56 Å². The first kappa shape index (κ1) is 15.9. The van der Waals surface area contributed by atoms with E-state index in [1.807, 2.05) is 4.98 Å². The molecule has 3 aromatic rings. The Bertz CT molecular complexity index is 1180. The lowest BCUT2D eigenvalue weighted by Gasteiger charge is -2.09. The van der Waals surface area contributed by atoms with Gasteiger partial charge in [0.05, 0.1) is 5.69 Å². The minimum Gasteiger partial charge on any atom is -0.493 e. The summed E-state index contributed by atoms with van der Waals surface area (Å²) in [4.78, 5) is 56.5. The number of rotatable bonds is 3. The van der Waals surface area contributed by atoms with E-state index in [9.17, 15) is 24.3 Å². The first-order valence-corrected chi connectivity index (χ1v) is 6.97. The highest BCUT2D eigenvalue weighted by atomic mass is 16.3. The summed E-state index contributed by atoms with van der Waals surface area (Å²) in [6.07, 6.45) is 1.98. The summed E-state index contributed by atoms with van der Waals surface area (Å²) in [5, 5.41) is 10.3.